The first kappa shape index (κ1) is 24.6. The summed E-state index contributed by atoms with van der Waals surface area (Å²) in [6.45, 7) is 2.42. The first-order valence-electron chi connectivity index (χ1n) is 12.1. The first-order valence-corrected chi connectivity index (χ1v) is 12.1. The Morgan fingerprint density at radius 3 is 2.29 bits per heavy atom. The van der Waals surface area contributed by atoms with Crippen LogP contribution in [0.25, 0.3) is 0 Å². The lowest BCUT2D eigenvalue weighted by atomic mass is 10.1. The molecule has 4 rings (SSSR count). The number of hydrogen-bond donors (Lipinski definition) is 0. The van der Waals surface area contributed by atoms with Gasteiger partial charge in [-0.3, -0.25) is 14.4 Å². The van der Waals surface area contributed by atoms with Crippen LogP contribution in [0.1, 0.15) is 24.8 Å². The molecule has 186 valence electrons. The SMILES string of the molecule is COc1ccc(N2CC(C(=O)N3CCN(C(=O)CCCc4ccccc4)CC3)CC2=O)cc1OC. The summed E-state index contributed by atoms with van der Waals surface area (Å²) < 4.78 is 10.6. The second-order valence-electron chi connectivity index (χ2n) is 8.99. The fourth-order valence-corrected chi connectivity index (χ4v) is 4.80. The van der Waals surface area contributed by atoms with Gasteiger partial charge in [0.1, 0.15) is 0 Å². The smallest absolute Gasteiger partial charge is 0.228 e. The third-order valence-electron chi connectivity index (χ3n) is 6.80. The van der Waals surface area contributed by atoms with E-state index >= 15 is 0 Å². The second-order valence-corrected chi connectivity index (χ2v) is 8.99. The molecular formula is C27H33N3O5. The number of amides is 3. The van der Waals surface area contributed by atoms with Crippen molar-refractivity contribution in [2.45, 2.75) is 25.7 Å². The molecule has 2 aromatic carbocycles. The van der Waals surface area contributed by atoms with Crippen LogP contribution >= 0.6 is 0 Å². The Morgan fingerprint density at radius 2 is 1.60 bits per heavy atom. The van der Waals surface area contributed by atoms with E-state index in [0.717, 1.165) is 12.8 Å². The zero-order chi connectivity index (χ0) is 24.8. The summed E-state index contributed by atoms with van der Waals surface area (Å²) in [4.78, 5) is 43.7. The van der Waals surface area contributed by atoms with E-state index in [4.69, 9.17) is 9.47 Å². The highest BCUT2D eigenvalue weighted by molar-refractivity contribution is 6.00. The number of ether oxygens (including phenoxy) is 2. The van der Waals surface area contributed by atoms with Crippen LogP contribution in [0.4, 0.5) is 5.69 Å². The van der Waals surface area contributed by atoms with Crippen molar-refractivity contribution in [3.05, 3.63) is 54.1 Å². The molecule has 8 nitrogen and oxygen atoms in total. The fourth-order valence-electron chi connectivity index (χ4n) is 4.80. The van der Waals surface area contributed by atoms with Gasteiger partial charge in [-0.15, -0.1) is 0 Å². The highest BCUT2D eigenvalue weighted by Gasteiger charge is 2.38. The molecule has 8 heteroatoms. The zero-order valence-electron chi connectivity index (χ0n) is 20.4. The van der Waals surface area contributed by atoms with Gasteiger partial charge in [0.05, 0.1) is 20.1 Å². The Balaban J connectivity index is 1.26. The number of piperazine rings is 1. The van der Waals surface area contributed by atoms with E-state index in [0.29, 0.717) is 56.3 Å². The maximum atomic E-state index is 13.2. The average Bonchev–Trinajstić information content (AvgIpc) is 3.29. The van der Waals surface area contributed by atoms with Crippen molar-refractivity contribution in [2.24, 2.45) is 5.92 Å². The van der Waals surface area contributed by atoms with E-state index in [1.54, 1.807) is 42.2 Å². The van der Waals surface area contributed by atoms with Crippen molar-refractivity contribution >= 4 is 23.4 Å². The number of aryl methyl sites for hydroxylation is 1. The molecule has 1 atom stereocenters. The minimum atomic E-state index is -0.385. The summed E-state index contributed by atoms with van der Waals surface area (Å²) in [6.07, 6.45) is 2.40. The normalized spacial score (nSPS) is 18.1. The minimum absolute atomic E-state index is 0.0162. The highest BCUT2D eigenvalue weighted by atomic mass is 16.5. The fraction of sp³-hybridized carbons (Fsp3) is 0.444. The molecule has 0 N–H and O–H groups in total. The standard InChI is InChI=1S/C27H33N3O5/c1-34-23-12-11-22(18-24(23)35-2)30-19-21(17-26(30)32)27(33)29-15-13-28(14-16-29)25(31)10-6-9-20-7-4-3-5-8-20/h3-5,7-8,11-12,18,21H,6,9-10,13-17,19H2,1-2H3. The molecule has 0 saturated carbocycles. The van der Waals surface area contributed by atoms with Gasteiger partial charge >= 0.3 is 0 Å². The predicted molar refractivity (Wildman–Crippen MR) is 133 cm³/mol. The molecule has 1 unspecified atom stereocenters. The Labute approximate surface area is 206 Å². The lowest BCUT2D eigenvalue weighted by Crippen LogP contribution is -2.52. The Bertz CT molecular complexity index is 1050. The zero-order valence-corrected chi connectivity index (χ0v) is 20.4. The molecule has 35 heavy (non-hydrogen) atoms. The molecule has 0 radical (unpaired) electrons. The molecule has 2 aliphatic heterocycles. The highest BCUT2D eigenvalue weighted by Crippen LogP contribution is 2.34. The molecule has 0 bridgehead atoms. The van der Waals surface area contributed by atoms with Gasteiger partial charge in [-0.25, -0.2) is 0 Å². The molecule has 2 aromatic rings. The Morgan fingerprint density at radius 1 is 0.914 bits per heavy atom. The summed E-state index contributed by atoms with van der Waals surface area (Å²) in [5, 5.41) is 0. The van der Waals surface area contributed by atoms with Crippen LogP contribution in [0, 0.1) is 5.92 Å². The van der Waals surface area contributed by atoms with Crippen LogP contribution in [-0.2, 0) is 20.8 Å². The average molecular weight is 480 g/mol. The largest absolute Gasteiger partial charge is 0.493 e. The lowest BCUT2D eigenvalue weighted by Gasteiger charge is -2.36. The van der Waals surface area contributed by atoms with Crippen molar-refractivity contribution in [1.82, 2.24) is 9.80 Å². The van der Waals surface area contributed by atoms with Gasteiger partial charge in [0.2, 0.25) is 17.7 Å². The van der Waals surface area contributed by atoms with E-state index in [1.165, 1.54) is 5.56 Å². The van der Waals surface area contributed by atoms with Crippen molar-refractivity contribution < 1.29 is 23.9 Å². The van der Waals surface area contributed by atoms with Gasteiger partial charge in [-0.2, -0.15) is 0 Å². The molecule has 2 heterocycles. The number of benzene rings is 2. The monoisotopic (exact) mass is 479 g/mol. The van der Waals surface area contributed by atoms with Crippen molar-refractivity contribution in [3.63, 3.8) is 0 Å². The van der Waals surface area contributed by atoms with E-state index in [1.807, 2.05) is 23.1 Å². The molecule has 2 aliphatic rings. The molecule has 0 aromatic heterocycles. The van der Waals surface area contributed by atoms with E-state index in [2.05, 4.69) is 12.1 Å². The van der Waals surface area contributed by atoms with Crippen LogP contribution in [0.5, 0.6) is 11.5 Å². The minimum Gasteiger partial charge on any atom is -0.493 e. The predicted octanol–water partition coefficient (Wildman–Crippen LogP) is 2.75. The number of nitrogens with zero attached hydrogens (tertiary/aromatic N) is 3. The Hall–Kier alpha value is -3.55. The van der Waals surface area contributed by atoms with Crippen molar-refractivity contribution in [2.75, 3.05) is 51.8 Å². The summed E-state index contributed by atoms with van der Waals surface area (Å²) in [7, 11) is 3.11. The number of carbonyl (C=O) groups is 3. The number of anilines is 1. The van der Waals surface area contributed by atoms with Crippen LogP contribution in [0.2, 0.25) is 0 Å². The van der Waals surface area contributed by atoms with Gasteiger partial charge in [-0.05, 0) is 30.5 Å². The summed E-state index contributed by atoms with van der Waals surface area (Å²) in [6, 6.07) is 15.5. The van der Waals surface area contributed by atoms with Crippen molar-refractivity contribution in [1.29, 1.82) is 0 Å². The van der Waals surface area contributed by atoms with Crippen molar-refractivity contribution in [3.8, 4) is 11.5 Å². The van der Waals surface area contributed by atoms with Crippen LogP contribution in [-0.4, -0.2) is 74.5 Å². The maximum absolute atomic E-state index is 13.2. The molecular weight excluding hydrogens is 446 g/mol. The van der Waals surface area contributed by atoms with Gasteiger partial charge < -0.3 is 24.2 Å². The number of hydrogen-bond acceptors (Lipinski definition) is 5. The molecule has 2 saturated heterocycles. The van der Waals surface area contributed by atoms with Gasteiger partial charge in [0.15, 0.2) is 11.5 Å². The van der Waals surface area contributed by atoms with Crippen LogP contribution in [0.15, 0.2) is 48.5 Å². The maximum Gasteiger partial charge on any atom is 0.228 e. The molecule has 0 aliphatic carbocycles. The Kier molecular flexibility index (Phi) is 7.90. The summed E-state index contributed by atoms with van der Waals surface area (Å²) in [5.74, 6) is 0.785. The molecule has 0 spiro atoms. The topological polar surface area (TPSA) is 79.4 Å². The number of methoxy groups -OCH3 is 2. The second kappa shape index (κ2) is 11.3. The van der Waals surface area contributed by atoms with E-state index in [9.17, 15) is 14.4 Å². The quantitative estimate of drug-likeness (QED) is 0.582. The number of rotatable bonds is 8. The molecule has 2 fully saturated rings. The van der Waals surface area contributed by atoms with Gasteiger partial charge in [-0.1, -0.05) is 30.3 Å². The molecule has 3 amide bonds. The number of carbonyl (C=O) groups excluding carboxylic acids is 3. The van der Waals surface area contributed by atoms with E-state index in [-0.39, 0.29) is 30.1 Å². The van der Waals surface area contributed by atoms with E-state index < -0.39 is 0 Å². The van der Waals surface area contributed by atoms with Gasteiger partial charge in [0, 0.05) is 57.3 Å². The van der Waals surface area contributed by atoms with Gasteiger partial charge in [0.25, 0.3) is 0 Å². The third-order valence-corrected chi connectivity index (χ3v) is 6.80. The summed E-state index contributed by atoms with van der Waals surface area (Å²) in [5.41, 5.74) is 1.93. The summed E-state index contributed by atoms with van der Waals surface area (Å²) >= 11 is 0. The first-order chi connectivity index (χ1) is 17.0. The lowest BCUT2D eigenvalue weighted by molar-refractivity contribution is -0.142. The third kappa shape index (κ3) is 5.75. The van der Waals surface area contributed by atoms with Crippen LogP contribution in [0.3, 0.4) is 0 Å². The van der Waals surface area contributed by atoms with Crippen LogP contribution < -0.4 is 14.4 Å².